The van der Waals surface area contributed by atoms with E-state index in [1.165, 1.54) is 0 Å². The van der Waals surface area contributed by atoms with Crippen molar-refractivity contribution in [1.82, 2.24) is 49.6 Å². The molecule has 0 saturated carbocycles. The zero-order valence-corrected chi connectivity index (χ0v) is 16.5. The summed E-state index contributed by atoms with van der Waals surface area (Å²) in [6, 6.07) is 0. The van der Waals surface area contributed by atoms with Gasteiger partial charge in [0, 0.05) is 6.42 Å². The molecule has 0 aliphatic rings. The maximum Gasteiger partial charge on any atom is 0.285 e. The minimum absolute atomic E-state index is 0.0398. The van der Waals surface area contributed by atoms with Crippen molar-refractivity contribution in [3.8, 4) is 0 Å². The Morgan fingerprint density at radius 3 is 1.87 bits per heavy atom. The van der Waals surface area contributed by atoms with E-state index in [1.54, 1.807) is 0 Å². The van der Waals surface area contributed by atoms with Crippen LogP contribution in [0, 0.1) is 0 Å². The van der Waals surface area contributed by atoms with E-state index in [2.05, 4.69) is 40.6 Å². The number of nitrogens with two attached hydrogens (primary N) is 2. The number of ketones is 1. The average molecular weight is 426 g/mol. The van der Waals surface area contributed by atoms with Gasteiger partial charge in [-0.15, -0.1) is 20.4 Å². The molecule has 4 rings (SSSR count). The molecule has 0 atom stereocenters. The topological polar surface area (TPSA) is 221 Å². The van der Waals surface area contributed by atoms with Gasteiger partial charge in [0.05, 0.1) is 0 Å². The lowest BCUT2D eigenvalue weighted by molar-refractivity contribution is -0.119. The Labute approximate surface area is 172 Å². The number of aromatic nitrogens is 10. The predicted octanol–water partition coefficient (Wildman–Crippen LogP) is -1.45. The van der Waals surface area contributed by atoms with Gasteiger partial charge >= 0.3 is 0 Å². The lowest BCUT2D eigenvalue weighted by Gasteiger charge is -2.13. The molecule has 6 N–H and O–H groups in total. The van der Waals surface area contributed by atoms with E-state index in [0.717, 1.165) is 14.6 Å². The quantitative estimate of drug-likeness (QED) is 0.261. The highest BCUT2D eigenvalue weighted by molar-refractivity contribution is 5.88. The third-order valence-electron chi connectivity index (χ3n) is 4.49. The smallest absolute Gasteiger partial charge is 0.285 e. The molecule has 0 aliphatic carbocycles. The molecule has 0 fully saturated rings. The number of Topliss-reactive ketones (excluding diaryl/α,β-unsaturated/α-hetero) is 1. The Morgan fingerprint density at radius 1 is 0.935 bits per heavy atom. The van der Waals surface area contributed by atoms with E-state index in [9.17, 15) is 14.4 Å². The molecule has 0 radical (unpaired) electrons. The Bertz CT molecular complexity index is 1360. The summed E-state index contributed by atoms with van der Waals surface area (Å²) >= 11 is 0. The van der Waals surface area contributed by atoms with E-state index < -0.39 is 22.8 Å². The highest BCUT2D eigenvalue weighted by Gasteiger charge is 2.32. The normalized spacial score (nSPS) is 11.5. The number of aromatic amines is 2. The van der Waals surface area contributed by atoms with Crippen LogP contribution in [-0.2, 0) is 4.79 Å². The van der Waals surface area contributed by atoms with Crippen LogP contribution in [0.3, 0.4) is 0 Å². The first-order chi connectivity index (χ1) is 14.8. The molecule has 0 aromatic carbocycles. The number of allylic oxidation sites excluding steroid dienone is 2. The number of nitrogens with one attached hydrogen (secondary N) is 2. The molecule has 0 unspecified atom stereocenters. The van der Waals surface area contributed by atoms with Crippen molar-refractivity contribution >= 4 is 29.2 Å². The monoisotopic (exact) mass is 426 g/mol. The number of anilines is 2. The average Bonchev–Trinajstić information content (AvgIpc) is 3.25. The van der Waals surface area contributed by atoms with Gasteiger partial charge in [-0.3, -0.25) is 24.6 Å². The maximum absolute atomic E-state index is 13.2. The van der Waals surface area contributed by atoms with Gasteiger partial charge in [-0.2, -0.15) is 9.03 Å². The van der Waals surface area contributed by atoms with Crippen molar-refractivity contribution < 1.29 is 4.79 Å². The summed E-state index contributed by atoms with van der Waals surface area (Å²) in [4.78, 5) is 46.9. The fourth-order valence-corrected chi connectivity index (χ4v) is 3.04. The number of H-pyrrole nitrogens is 2. The van der Waals surface area contributed by atoms with Crippen LogP contribution in [0.15, 0.2) is 21.2 Å². The van der Waals surface area contributed by atoms with Crippen LogP contribution in [0.4, 0.5) is 11.9 Å². The molecular weight excluding hydrogens is 408 g/mol. The molecule has 0 amide bonds. The van der Waals surface area contributed by atoms with Crippen LogP contribution >= 0.6 is 0 Å². The number of fused-ring (bicyclic) bond motifs is 2. The minimum Gasteiger partial charge on any atom is -0.366 e. The fraction of sp³-hybridized carbons (Fsp3) is 0.312. The highest BCUT2D eigenvalue weighted by atomic mass is 16.1. The van der Waals surface area contributed by atoms with Crippen molar-refractivity contribution in [1.29, 1.82) is 0 Å². The van der Waals surface area contributed by atoms with Crippen LogP contribution in [0.1, 0.15) is 44.0 Å². The molecule has 4 heterocycles. The van der Waals surface area contributed by atoms with Gasteiger partial charge in [-0.25, -0.2) is 9.97 Å². The zero-order chi connectivity index (χ0) is 22.3. The predicted molar refractivity (Wildman–Crippen MR) is 107 cm³/mol. The fourth-order valence-electron chi connectivity index (χ4n) is 3.04. The second kappa shape index (κ2) is 7.43. The molecule has 15 heteroatoms. The van der Waals surface area contributed by atoms with Crippen LogP contribution < -0.4 is 22.6 Å². The van der Waals surface area contributed by atoms with Gasteiger partial charge in [0.2, 0.25) is 11.9 Å². The summed E-state index contributed by atoms with van der Waals surface area (Å²) in [6.07, 6.45) is 2.32. The van der Waals surface area contributed by atoms with E-state index in [1.807, 2.05) is 19.9 Å². The van der Waals surface area contributed by atoms with Gasteiger partial charge in [0.1, 0.15) is 23.1 Å². The summed E-state index contributed by atoms with van der Waals surface area (Å²) in [6.45, 7) is 3.79. The van der Waals surface area contributed by atoms with Gasteiger partial charge in [-0.05, 0) is 20.3 Å². The first kappa shape index (κ1) is 19.9. The summed E-state index contributed by atoms with van der Waals surface area (Å²) in [5.41, 5.74) is 10.3. The Hall–Kier alpha value is -4.43. The molecule has 31 heavy (non-hydrogen) atoms. The van der Waals surface area contributed by atoms with Crippen molar-refractivity contribution in [3.05, 3.63) is 43.7 Å². The standard InChI is InChI=1S/C16H18N12O3/c1-6(2)4-3-5-7(29)8(9-11(30)25-27-13(17)21-23-15(27)19-9)10-12(31)26-28-14(18)22-24-16(28)20-10/h4,8H,3,5H2,1-2H3,(H2,17,21)(H2,18,22)(H,25,30)(H,26,31). The Kier molecular flexibility index (Phi) is 4.76. The lowest BCUT2D eigenvalue weighted by Crippen LogP contribution is -2.32. The third kappa shape index (κ3) is 3.52. The highest BCUT2D eigenvalue weighted by Crippen LogP contribution is 2.21. The first-order valence-corrected chi connectivity index (χ1v) is 9.14. The summed E-state index contributed by atoms with van der Waals surface area (Å²) in [5, 5.41) is 19.6. The Morgan fingerprint density at radius 2 is 1.42 bits per heavy atom. The van der Waals surface area contributed by atoms with Crippen molar-refractivity contribution in [2.24, 2.45) is 0 Å². The number of carbonyl (C=O) groups is 1. The molecule has 0 spiro atoms. The number of hydrogen-bond donors (Lipinski definition) is 4. The van der Waals surface area contributed by atoms with Crippen LogP contribution in [0.2, 0.25) is 0 Å². The largest absolute Gasteiger partial charge is 0.366 e. The summed E-state index contributed by atoms with van der Waals surface area (Å²) in [7, 11) is 0. The van der Waals surface area contributed by atoms with E-state index in [4.69, 9.17) is 11.5 Å². The summed E-state index contributed by atoms with van der Waals surface area (Å²) in [5.74, 6) is -2.09. The molecule has 0 aliphatic heterocycles. The molecule has 4 aromatic rings. The number of carbonyl (C=O) groups excluding carboxylic acids is 1. The SMILES string of the molecule is CC(C)=CCCC(=O)C(c1nc2nnc(N)n2[nH]c1=O)c1nc2nnc(N)n2[nH]c1=O. The second-order valence-electron chi connectivity index (χ2n) is 6.98. The van der Waals surface area contributed by atoms with Gasteiger partial charge < -0.3 is 11.5 Å². The van der Waals surface area contributed by atoms with Crippen LogP contribution in [0.25, 0.3) is 11.6 Å². The Balaban J connectivity index is 1.90. The van der Waals surface area contributed by atoms with E-state index in [0.29, 0.717) is 6.42 Å². The van der Waals surface area contributed by atoms with Crippen molar-refractivity contribution in [2.75, 3.05) is 11.5 Å². The molecule has 0 bridgehead atoms. The van der Waals surface area contributed by atoms with E-state index in [-0.39, 0.29) is 41.3 Å². The summed E-state index contributed by atoms with van der Waals surface area (Å²) < 4.78 is 2.13. The number of nitrogen functional groups attached to an aromatic ring is 2. The van der Waals surface area contributed by atoms with Gasteiger partial charge in [0.25, 0.3) is 22.7 Å². The van der Waals surface area contributed by atoms with Gasteiger partial charge in [0.15, 0.2) is 0 Å². The van der Waals surface area contributed by atoms with E-state index >= 15 is 0 Å². The molecular formula is C16H18N12O3. The molecule has 15 nitrogen and oxygen atoms in total. The van der Waals surface area contributed by atoms with Crippen LogP contribution in [-0.4, -0.2) is 55.4 Å². The van der Waals surface area contributed by atoms with Crippen molar-refractivity contribution in [3.63, 3.8) is 0 Å². The van der Waals surface area contributed by atoms with Crippen molar-refractivity contribution in [2.45, 2.75) is 32.6 Å². The third-order valence-corrected chi connectivity index (χ3v) is 4.49. The molecule has 0 saturated heterocycles. The maximum atomic E-state index is 13.2. The lowest BCUT2D eigenvalue weighted by atomic mass is 9.93. The molecule has 4 aromatic heterocycles. The molecule has 160 valence electrons. The second-order valence-corrected chi connectivity index (χ2v) is 6.98. The van der Waals surface area contributed by atoms with Gasteiger partial charge in [-0.1, -0.05) is 11.6 Å². The number of rotatable bonds is 6. The number of nitrogens with zero attached hydrogens (tertiary/aromatic N) is 8. The van der Waals surface area contributed by atoms with Crippen LogP contribution in [0.5, 0.6) is 0 Å². The minimum atomic E-state index is -1.39. The number of hydrogen-bond acceptors (Lipinski definition) is 11. The zero-order valence-electron chi connectivity index (χ0n) is 16.5. The first-order valence-electron chi connectivity index (χ1n) is 9.14.